The van der Waals surface area contributed by atoms with Crippen molar-refractivity contribution in [2.75, 3.05) is 6.54 Å². The van der Waals surface area contributed by atoms with Crippen LogP contribution >= 0.6 is 0 Å². The van der Waals surface area contributed by atoms with Crippen LogP contribution < -0.4 is 5.32 Å². The predicted molar refractivity (Wildman–Crippen MR) is 101 cm³/mol. The second-order valence-corrected chi connectivity index (χ2v) is 8.73. The number of rotatable bonds is 4. The topological polar surface area (TPSA) is 99.5 Å². The first-order chi connectivity index (χ1) is 13.1. The molecule has 3 amide bonds. The summed E-state index contributed by atoms with van der Waals surface area (Å²) in [7, 11) is 0. The van der Waals surface area contributed by atoms with Gasteiger partial charge in [0, 0.05) is 0 Å². The standard InChI is InChI=1S/C21H25N3O4/c1-14-8-20(2,3)13-21(9-14)18(26)24(19(27)23-21)11-17(25)28-12-16-6-4-15(10-22)5-7-16/h4-7,14H,8-9,11-13H2,1-3H3,(H,23,27). The van der Waals surface area contributed by atoms with Crippen molar-refractivity contribution in [2.45, 2.75) is 52.2 Å². The third kappa shape index (κ3) is 4.01. The number of hydrogen-bond donors (Lipinski definition) is 1. The van der Waals surface area contributed by atoms with E-state index in [0.29, 0.717) is 24.3 Å². The molecule has 1 heterocycles. The molecule has 1 aromatic carbocycles. The number of urea groups is 1. The van der Waals surface area contributed by atoms with Gasteiger partial charge in [-0.1, -0.05) is 32.9 Å². The number of ether oxygens (including phenoxy) is 1. The highest BCUT2D eigenvalue weighted by atomic mass is 16.5. The van der Waals surface area contributed by atoms with Crippen LogP contribution in [0.15, 0.2) is 24.3 Å². The molecule has 28 heavy (non-hydrogen) atoms. The van der Waals surface area contributed by atoms with E-state index in [1.165, 1.54) is 0 Å². The SMILES string of the molecule is CC1CC(C)(C)CC2(C1)NC(=O)N(CC(=O)OCc1ccc(C#N)cc1)C2=O. The fraction of sp³-hybridized carbons (Fsp3) is 0.524. The summed E-state index contributed by atoms with van der Waals surface area (Å²) in [4.78, 5) is 38.6. The number of carbonyl (C=O) groups excluding carboxylic acids is 3. The molecule has 1 saturated carbocycles. The highest BCUT2D eigenvalue weighted by Gasteiger charge is 2.56. The Bertz CT molecular complexity index is 840. The average molecular weight is 383 g/mol. The highest BCUT2D eigenvalue weighted by molar-refractivity contribution is 6.08. The van der Waals surface area contributed by atoms with Gasteiger partial charge < -0.3 is 10.1 Å². The van der Waals surface area contributed by atoms with Crippen LogP contribution in [-0.4, -0.2) is 34.9 Å². The van der Waals surface area contributed by atoms with Gasteiger partial charge in [-0.25, -0.2) is 4.79 Å². The number of imide groups is 1. The van der Waals surface area contributed by atoms with E-state index >= 15 is 0 Å². The summed E-state index contributed by atoms with van der Waals surface area (Å²) < 4.78 is 5.20. The molecule has 2 atom stereocenters. The maximum Gasteiger partial charge on any atom is 0.326 e. The number of amides is 3. The predicted octanol–water partition coefficient (Wildman–Crippen LogP) is 2.74. The van der Waals surface area contributed by atoms with E-state index in [2.05, 4.69) is 26.1 Å². The summed E-state index contributed by atoms with van der Waals surface area (Å²) >= 11 is 0. The van der Waals surface area contributed by atoms with Crippen LogP contribution in [0.25, 0.3) is 0 Å². The monoisotopic (exact) mass is 383 g/mol. The first-order valence-corrected chi connectivity index (χ1v) is 9.43. The minimum atomic E-state index is -0.925. The van der Waals surface area contributed by atoms with Gasteiger partial charge in [0.1, 0.15) is 18.7 Å². The lowest BCUT2D eigenvalue weighted by molar-refractivity contribution is -0.149. The molecule has 148 valence electrons. The number of nitrogens with one attached hydrogen (secondary N) is 1. The molecule has 7 heteroatoms. The van der Waals surface area contributed by atoms with Crippen molar-refractivity contribution in [3.8, 4) is 6.07 Å². The molecule has 1 saturated heterocycles. The summed E-state index contributed by atoms with van der Waals surface area (Å²) in [5, 5.41) is 11.6. The van der Waals surface area contributed by atoms with Crippen molar-refractivity contribution in [1.29, 1.82) is 5.26 Å². The Balaban J connectivity index is 1.62. The maximum atomic E-state index is 13.0. The van der Waals surface area contributed by atoms with Crippen LogP contribution in [0, 0.1) is 22.7 Å². The van der Waals surface area contributed by atoms with Gasteiger partial charge in [0.15, 0.2) is 0 Å². The molecule has 2 fully saturated rings. The van der Waals surface area contributed by atoms with Gasteiger partial charge in [0.05, 0.1) is 11.6 Å². The minimum absolute atomic E-state index is 0.0173. The molecule has 1 aromatic rings. The molecule has 1 N–H and O–H groups in total. The van der Waals surface area contributed by atoms with Gasteiger partial charge in [-0.2, -0.15) is 5.26 Å². The van der Waals surface area contributed by atoms with Crippen molar-refractivity contribution in [2.24, 2.45) is 11.3 Å². The van der Waals surface area contributed by atoms with Crippen LogP contribution in [-0.2, 0) is 20.9 Å². The van der Waals surface area contributed by atoms with Crippen LogP contribution in [0.3, 0.4) is 0 Å². The number of carbonyl (C=O) groups is 3. The zero-order valence-corrected chi connectivity index (χ0v) is 16.4. The highest BCUT2D eigenvalue weighted by Crippen LogP contribution is 2.46. The minimum Gasteiger partial charge on any atom is -0.459 e. The lowest BCUT2D eigenvalue weighted by Gasteiger charge is -2.43. The molecule has 2 unspecified atom stereocenters. The van der Waals surface area contributed by atoms with Crippen LogP contribution in [0.2, 0.25) is 0 Å². The summed E-state index contributed by atoms with van der Waals surface area (Å²) in [6, 6.07) is 8.14. The molecule has 3 rings (SSSR count). The molecular formula is C21H25N3O4. The van der Waals surface area contributed by atoms with Crippen molar-refractivity contribution in [3.63, 3.8) is 0 Å². The average Bonchev–Trinajstić information content (AvgIpc) is 2.82. The number of hydrogen-bond acceptors (Lipinski definition) is 5. The van der Waals surface area contributed by atoms with Crippen molar-refractivity contribution < 1.29 is 19.1 Å². The Labute approximate surface area is 164 Å². The smallest absolute Gasteiger partial charge is 0.326 e. The Kier molecular flexibility index (Phi) is 5.16. The molecular weight excluding hydrogens is 358 g/mol. The summed E-state index contributed by atoms with van der Waals surface area (Å²) in [5.41, 5.74) is 0.256. The summed E-state index contributed by atoms with van der Waals surface area (Å²) in [5.74, 6) is -0.684. The summed E-state index contributed by atoms with van der Waals surface area (Å²) in [6.45, 7) is 5.88. The van der Waals surface area contributed by atoms with Gasteiger partial charge >= 0.3 is 12.0 Å². The van der Waals surface area contributed by atoms with E-state index in [9.17, 15) is 14.4 Å². The first kappa shape index (κ1) is 19.9. The van der Waals surface area contributed by atoms with E-state index < -0.39 is 24.1 Å². The van der Waals surface area contributed by atoms with Crippen LogP contribution in [0.5, 0.6) is 0 Å². The van der Waals surface area contributed by atoms with Gasteiger partial charge in [0.2, 0.25) is 0 Å². The molecule has 1 spiro atoms. The molecule has 2 aliphatic rings. The molecule has 0 bridgehead atoms. The molecule has 1 aliphatic heterocycles. The van der Waals surface area contributed by atoms with E-state index in [1.54, 1.807) is 24.3 Å². The summed E-state index contributed by atoms with van der Waals surface area (Å²) in [6.07, 6.45) is 2.13. The van der Waals surface area contributed by atoms with E-state index in [1.807, 2.05) is 6.07 Å². The number of nitrogens with zero attached hydrogens (tertiary/aromatic N) is 2. The Morgan fingerprint density at radius 3 is 2.57 bits per heavy atom. The Morgan fingerprint density at radius 1 is 1.29 bits per heavy atom. The van der Waals surface area contributed by atoms with Crippen molar-refractivity contribution >= 4 is 17.9 Å². The van der Waals surface area contributed by atoms with Gasteiger partial charge in [-0.3, -0.25) is 14.5 Å². The fourth-order valence-electron chi connectivity index (χ4n) is 4.66. The largest absolute Gasteiger partial charge is 0.459 e. The Hall–Kier alpha value is -2.88. The van der Waals surface area contributed by atoms with Crippen LogP contribution in [0.4, 0.5) is 4.79 Å². The first-order valence-electron chi connectivity index (χ1n) is 9.43. The number of nitriles is 1. The van der Waals surface area contributed by atoms with Gasteiger partial charge in [-0.05, 0) is 48.3 Å². The Morgan fingerprint density at radius 2 is 1.96 bits per heavy atom. The molecule has 1 aliphatic carbocycles. The molecule has 0 radical (unpaired) electrons. The second-order valence-electron chi connectivity index (χ2n) is 8.73. The fourth-order valence-corrected chi connectivity index (χ4v) is 4.66. The van der Waals surface area contributed by atoms with E-state index in [4.69, 9.17) is 10.00 Å². The molecule has 0 aromatic heterocycles. The zero-order chi connectivity index (χ0) is 20.5. The quantitative estimate of drug-likeness (QED) is 0.637. The van der Waals surface area contributed by atoms with Crippen LogP contribution in [0.1, 0.15) is 51.2 Å². The normalized spacial score (nSPS) is 26.1. The lowest BCUT2D eigenvalue weighted by atomic mass is 9.64. The van der Waals surface area contributed by atoms with Crippen molar-refractivity contribution in [3.05, 3.63) is 35.4 Å². The second kappa shape index (κ2) is 7.27. The van der Waals surface area contributed by atoms with Crippen molar-refractivity contribution in [1.82, 2.24) is 10.2 Å². The van der Waals surface area contributed by atoms with Gasteiger partial charge in [0.25, 0.3) is 5.91 Å². The third-order valence-electron chi connectivity index (χ3n) is 5.39. The van der Waals surface area contributed by atoms with E-state index in [-0.39, 0.29) is 17.9 Å². The van der Waals surface area contributed by atoms with E-state index in [0.717, 1.165) is 16.9 Å². The lowest BCUT2D eigenvalue weighted by Crippen LogP contribution is -2.54. The zero-order valence-electron chi connectivity index (χ0n) is 16.4. The maximum absolute atomic E-state index is 13.0. The van der Waals surface area contributed by atoms with Gasteiger partial charge in [-0.15, -0.1) is 0 Å². The molecule has 7 nitrogen and oxygen atoms in total. The number of benzene rings is 1. The third-order valence-corrected chi connectivity index (χ3v) is 5.39. The number of esters is 1.